The van der Waals surface area contributed by atoms with E-state index in [4.69, 9.17) is 0 Å². The molecule has 2 heterocycles. The van der Waals surface area contributed by atoms with Crippen molar-refractivity contribution in [3.8, 4) is 0 Å². The van der Waals surface area contributed by atoms with Gasteiger partial charge in [0, 0.05) is 11.4 Å². The Morgan fingerprint density at radius 1 is 1.23 bits per heavy atom. The molecule has 2 N–H and O–H groups in total. The number of amides is 1. The molecule has 0 saturated carbocycles. The number of anilines is 1. The predicted octanol–water partition coefficient (Wildman–Crippen LogP) is 3.23. The maximum atomic E-state index is 12.3. The number of pyridine rings is 1. The van der Waals surface area contributed by atoms with Gasteiger partial charge in [-0.25, -0.2) is 9.97 Å². The fraction of sp³-hybridized carbons (Fsp3) is 0.263. The fourth-order valence-corrected chi connectivity index (χ4v) is 3.39. The number of hydrogen-bond acceptors (Lipinski definition) is 5. The minimum atomic E-state index is -0.237. The highest BCUT2D eigenvalue weighted by molar-refractivity contribution is 7.99. The van der Waals surface area contributed by atoms with Gasteiger partial charge in [-0.15, -0.1) is 0 Å². The molecule has 26 heavy (non-hydrogen) atoms. The number of benzene rings is 1. The summed E-state index contributed by atoms with van der Waals surface area (Å²) in [5.41, 5.74) is 3.74. The van der Waals surface area contributed by atoms with Crippen molar-refractivity contribution in [1.82, 2.24) is 15.0 Å². The van der Waals surface area contributed by atoms with E-state index in [-0.39, 0.29) is 17.2 Å². The highest BCUT2D eigenvalue weighted by atomic mass is 32.2. The van der Waals surface area contributed by atoms with Gasteiger partial charge in [0.15, 0.2) is 10.8 Å². The van der Waals surface area contributed by atoms with Gasteiger partial charge in [0.1, 0.15) is 0 Å². The second-order valence-electron chi connectivity index (χ2n) is 6.04. The van der Waals surface area contributed by atoms with E-state index in [9.17, 15) is 9.59 Å². The van der Waals surface area contributed by atoms with Crippen LogP contribution in [0.3, 0.4) is 0 Å². The van der Waals surface area contributed by atoms with Crippen molar-refractivity contribution in [3.05, 3.63) is 57.5 Å². The van der Waals surface area contributed by atoms with E-state index in [1.54, 1.807) is 0 Å². The third-order valence-electron chi connectivity index (χ3n) is 3.94. The van der Waals surface area contributed by atoms with E-state index in [0.29, 0.717) is 16.2 Å². The molecule has 0 saturated heterocycles. The zero-order valence-electron chi connectivity index (χ0n) is 14.9. The lowest BCUT2D eigenvalue weighted by Crippen LogP contribution is -2.16. The standard InChI is InChI=1S/C19H20N4O2S/c1-4-13-6-5-7-14(9-13)21-15(24)10-26-19-22-17-16(18(25)23-19)11(2)8-12(3)20-17/h5-9H,4,10H2,1-3H3,(H,21,24)(H,20,22,23,25). The third kappa shape index (κ3) is 4.11. The number of rotatable bonds is 5. The molecule has 7 heteroatoms. The van der Waals surface area contributed by atoms with E-state index in [1.165, 1.54) is 11.8 Å². The van der Waals surface area contributed by atoms with Crippen LogP contribution in [-0.4, -0.2) is 26.6 Å². The van der Waals surface area contributed by atoms with Crippen LogP contribution >= 0.6 is 11.8 Å². The number of nitrogens with one attached hydrogen (secondary N) is 2. The van der Waals surface area contributed by atoms with E-state index < -0.39 is 0 Å². The molecule has 0 bridgehead atoms. The lowest BCUT2D eigenvalue weighted by atomic mass is 10.1. The molecule has 3 aromatic rings. The van der Waals surface area contributed by atoms with E-state index in [1.807, 2.05) is 44.2 Å². The van der Waals surface area contributed by atoms with Gasteiger partial charge in [0.2, 0.25) is 5.91 Å². The van der Waals surface area contributed by atoms with Crippen molar-refractivity contribution >= 4 is 34.4 Å². The number of aromatic nitrogens is 3. The summed E-state index contributed by atoms with van der Waals surface area (Å²) >= 11 is 1.18. The van der Waals surface area contributed by atoms with Gasteiger partial charge in [-0.1, -0.05) is 30.8 Å². The number of nitrogens with zero attached hydrogens (tertiary/aromatic N) is 2. The average molecular weight is 368 g/mol. The molecule has 1 amide bonds. The zero-order valence-corrected chi connectivity index (χ0v) is 15.7. The number of carbonyl (C=O) groups excluding carboxylic acids is 1. The first-order valence-electron chi connectivity index (χ1n) is 8.36. The van der Waals surface area contributed by atoms with Crippen molar-refractivity contribution in [2.45, 2.75) is 32.3 Å². The Morgan fingerprint density at radius 3 is 2.81 bits per heavy atom. The molecule has 0 unspecified atom stereocenters. The average Bonchev–Trinajstić information content (AvgIpc) is 2.59. The van der Waals surface area contributed by atoms with Crippen molar-refractivity contribution in [3.63, 3.8) is 0 Å². The molecule has 6 nitrogen and oxygen atoms in total. The van der Waals surface area contributed by atoms with Gasteiger partial charge < -0.3 is 10.3 Å². The van der Waals surface area contributed by atoms with Crippen LogP contribution in [-0.2, 0) is 11.2 Å². The molecular weight excluding hydrogens is 348 g/mol. The number of aryl methyl sites for hydroxylation is 3. The Kier molecular flexibility index (Phi) is 5.37. The summed E-state index contributed by atoms with van der Waals surface area (Å²) in [4.78, 5) is 35.9. The van der Waals surface area contributed by atoms with Gasteiger partial charge >= 0.3 is 0 Å². The zero-order chi connectivity index (χ0) is 18.7. The van der Waals surface area contributed by atoms with Gasteiger partial charge in [0.05, 0.1) is 11.1 Å². The Hall–Kier alpha value is -2.67. The number of carbonyl (C=O) groups is 1. The number of thioether (sulfide) groups is 1. The van der Waals surface area contributed by atoms with Crippen LogP contribution in [0, 0.1) is 13.8 Å². The van der Waals surface area contributed by atoms with E-state index in [2.05, 4.69) is 27.2 Å². The van der Waals surface area contributed by atoms with E-state index >= 15 is 0 Å². The summed E-state index contributed by atoms with van der Waals surface area (Å²) < 4.78 is 0. The first-order chi connectivity index (χ1) is 12.5. The van der Waals surface area contributed by atoms with Crippen molar-refractivity contribution < 1.29 is 4.79 Å². The number of hydrogen-bond donors (Lipinski definition) is 2. The number of aromatic amines is 1. The molecule has 3 rings (SSSR count). The molecule has 0 radical (unpaired) electrons. The van der Waals surface area contributed by atoms with Crippen LogP contribution < -0.4 is 10.9 Å². The van der Waals surface area contributed by atoms with Crippen LogP contribution in [0.25, 0.3) is 11.0 Å². The van der Waals surface area contributed by atoms with Gasteiger partial charge in [-0.2, -0.15) is 0 Å². The maximum Gasteiger partial charge on any atom is 0.261 e. The SMILES string of the molecule is CCc1cccc(NC(=O)CSc2nc3nc(C)cc(C)c3c(=O)[nH]2)c1. The van der Waals surface area contributed by atoms with Crippen molar-refractivity contribution in [2.24, 2.45) is 0 Å². The Labute approximate surface area is 155 Å². The Morgan fingerprint density at radius 2 is 2.04 bits per heavy atom. The number of fused-ring (bicyclic) bond motifs is 1. The third-order valence-corrected chi connectivity index (χ3v) is 4.81. The van der Waals surface area contributed by atoms with E-state index in [0.717, 1.165) is 28.9 Å². The Balaban J connectivity index is 1.73. The lowest BCUT2D eigenvalue weighted by Gasteiger charge is -2.07. The highest BCUT2D eigenvalue weighted by Crippen LogP contribution is 2.17. The summed E-state index contributed by atoms with van der Waals surface area (Å²) in [7, 11) is 0. The molecular formula is C19H20N4O2S. The molecule has 2 aromatic heterocycles. The largest absolute Gasteiger partial charge is 0.325 e. The summed E-state index contributed by atoms with van der Waals surface area (Å²) in [6, 6.07) is 9.59. The molecule has 0 atom stereocenters. The first-order valence-corrected chi connectivity index (χ1v) is 9.34. The summed E-state index contributed by atoms with van der Waals surface area (Å²) in [5, 5.41) is 3.74. The molecule has 0 fully saturated rings. The molecule has 134 valence electrons. The fourth-order valence-electron chi connectivity index (χ4n) is 2.73. The van der Waals surface area contributed by atoms with Gasteiger partial charge in [0.25, 0.3) is 5.56 Å². The molecule has 1 aromatic carbocycles. The van der Waals surface area contributed by atoms with Crippen molar-refractivity contribution in [1.29, 1.82) is 0 Å². The van der Waals surface area contributed by atoms with Gasteiger partial charge in [-0.3, -0.25) is 9.59 Å². The number of H-pyrrole nitrogens is 1. The second-order valence-corrected chi connectivity index (χ2v) is 7.01. The highest BCUT2D eigenvalue weighted by Gasteiger charge is 2.11. The molecule has 0 aliphatic carbocycles. The monoisotopic (exact) mass is 368 g/mol. The quantitative estimate of drug-likeness (QED) is 0.533. The summed E-state index contributed by atoms with van der Waals surface area (Å²) in [6.45, 7) is 5.79. The lowest BCUT2D eigenvalue weighted by molar-refractivity contribution is -0.113. The van der Waals surface area contributed by atoms with Crippen LogP contribution in [0.1, 0.15) is 23.7 Å². The predicted molar refractivity (Wildman–Crippen MR) is 105 cm³/mol. The summed E-state index contributed by atoms with van der Waals surface area (Å²) in [5.74, 6) is -0.00494. The minimum absolute atomic E-state index is 0.148. The maximum absolute atomic E-state index is 12.3. The Bertz CT molecular complexity index is 1030. The van der Waals surface area contributed by atoms with Crippen LogP contribution in [0.5, 0.6) is 0 Å². The molecule has 0 spiro atoms. The van der Waals surface area contributed by atoms with Crippen LogP contribution in [0.15, 0.2) is 40.3 Å². The first kappa shape index (κ1) is 18.1. The molecule has 0 aliphatic rings. The smallest absolute Gasteiger partial charge is 0.261 e. The van der Waals surface area contributed by atoms with Crippen molar-refractivity contribution in [2.75, 3.05) is 11.1 Å². The molecule has 0 aliphatic heterocycles. The second kappa shape index (κ2) is 7.70. The van der Waals surface area contributed by atoms with Crippen LogP contribution in [0.2, 0.25) is 0 Å². The summed E-state index contributed by atoms with van der Waals surface area (Å²) in [6.07, 6.45) is 0.909. The van der Waals surface area contributed by atoms with Gasteiger partial charge in [-0.05, 0) is 49.6 Å². The van der Waals surface area contributed by atoms with Crippen LogP contribution in [0.4, 0.5) is 5.69 Å². The normalized spacial score (nSPS) is 10.9. The minimum Gasteiger partial charge on any atom is -0.325 e. The topological polar surface area (TPSA) is 87.7 Å².